The molecule has 1 unspecified atom stereocenters. The number of hydrogen-bond acceptors (Lipinski definition) is 4. The van der Waals surface area contributed by atoms with E-state index in [9.17, 15) is 4.79 Å². The molecule has 5 heteroatoms. The Morgan fingerprint density at radius 1 is 1.15 bits per heavy atom. The number of carbonyl (C=O) groups excluding carboxylic acids is 1. The molecule has 0 spiro atoms. The summed E-state index contributed by atoms with van der Waals surface area (Å²) >= 11 is 6.76. The number of benzene rings is 2. The van der Waals surface area contributed by atoms with E-state index in [-0.39, 0.29) is 12.0 Å². The second-order valence-corrected chi connectivity index (χ2v) is 8.10. The molecule has 0 radical (unpaired) electrons. The van der Waals surface area contributed by atoms with Crippen LogP contribution in [0.2, 0.25) is 0 Å². The van der Waals surface area contributed by atoms with Crippen molar-refractivity contribution in [2.75, 3.05) is 6.54 Å². The fourth-order valence-corrected chi connectivity index (χ4v) is 4.54. The van der Waals surface area contributed by atoms with E-state index in [1.807, 2.05) is 67.6 Å². The van der Waals surface area contributed by atoms with Crippen molar-refractivity contribution in [2.24, 2.45) is 0 Å². The zero-order valence-corrected chi connectivity index (χ0v) is 16.6. The molecule has 0 aromatic heterocycles. The van der Waals surface area contributed by atoms with Crippen molar-refractivity contribution in [2.45, 2.75) is 19.4 Å². The van der Waals surface area contributed by atoms with Crippen molar-refractivity contribution in [3.05, 3.63) is 82.3 Å². The van der Waals surface area contributed by atoms with E-state index in [2.05, 4.69) is 6.08 Å². The first-order valence-electron chi connectivity index (χ1n) is 8.95. The Bertz CT molecular complexity index is 950. The number of rotatable bonds is 4. The molecule has 0 aliphatic carbocycles. The van der Waals surface area contributed by atoms with Crippen LogP contribution in [0.5, 0.6) is 5.75 Å². The predicted octanol–water partition coefficient (Wildman–Crippen LogP) is 5.36. The number of amides is 1. The number of nitrogens with zero attached hydrogens (tertiary/aromatic N) is 1. The lowest BCUT2D eigenvalue weighted by molar-refractivity contribution is -0.122. The average molecular weight is 394 g/mol. The van der Waals surface area contributed by atoms with Crippen LogP contribution < -0.4 is 4.74 Å². The van der Waals surface area contributed by atoms with E-state index in [0.29, 0.717) is 15.8 Å². The van der Waals surface area contributed by atoms with Gasteiger partial charge in [-0.25, -0.2) is 0 Å². The highest BCUT2D eigenvalue weighted by Gasteiger charge is 2.33. The average Bonchev–Trinajstić information content (AvgIpc) is 2.96. The van der Waals surface area contributed by atoms with Gasteiger partial charge in [-0.05, 0) is 35.8 Å². The van der Waals surface area contributed by atoms with Crippen LogP contribution >= 0.6 is 24.0 Å². The second-order valence-electron chi connectivity index (χ2n) is 6.42. The van der Waals surface area contributed by atoms with Crippen LogP contribution in [0.15, 0.2) is 71.2 Å². The van der Waals surface area contributed by atoms with Crippen molar-refractivity contribution < 1.29 is 9.53 Å². The maximum Gasteiger partial charge on any atom is 0.266 e. The van der Waals surface area contributed by atoms with Gasteiger partial charge in [-0.15, -0.1) is 0 Å². The molecule has 2 aliphatic heterocycles. The first-order valence-corrected chi connectivity index (χ1v) is 10.2. The fraction of sp³-hybridized carbons (Fsp3) is 0.182. The van der Waals surface area contributed by atoms with E-state index >= 15 is 0 Å². The van der Waals surface area contributed by atoms with Crippen molar-refractivity contribution in [1.82, 2.24) is 4.90 Å². The van der Waals surface area contributed by atoms with Gasteiger partial charge in [0, 0.05) is 12.1 Å². The molecule has 3 nitrogen and oxygen atoms in total. The summed E-state index contributed by atoms with van der Waals surface area (Å²) in [7, 11) is 0. The molecule has 2 aliphatic rings. The summed E-state index contributed by atoms with van der Waals surface area (Å²) < 4.78 is 6.92. The summed E-state index contributed by atoms with van der Waals surface area (Å²) in [5.74, 6) is 0.834. The van der Waals surface area contributed by atoms with Crippen LogP contribution in [0.3, 0.4) is 0 Å². The third-order valence-corrected chi connectivity index (χ3v) is 5.89. The zero-order chi connectivity index (χ0) is 18.8. The third kappa shape index (κ3) is 3.57. The minimum atomic E-state index is -0.254. The number of hydrogen-bond donors (Lipinski definition) is 0. The Hall–Kier alpha value is -2.37. The smallest absolute Gasteiger partial charge is 0.266 e. The predicted molar refractivity (Wildman–Crippen MR) is 115 cm³/mol. The highest BCUT2D eigenvalue weighted by molar-refractivity contribution is 8.26. The number of carbonyl (C=O) groups is 1. The van der Waals surface area contributed by atoms with Gasteiger partial charge in [-0.1, -0.05) is 79.4 Å². The Morgan fingerprint density at radius 3 is 2.67 bits per heavy atom. The van der Waals surface area contributed by atoms with Crippen molar-refractivity contribution >= 4 is 40.3 Å². The molecule has 0 saturated carbocycles. The molecule has 1 atom stereocenters. The van der Waals surface area contributed by atoms with Gasteiger partial charge < -0.3 is 4.74 Å². The van der Waals surface area contributed by atoms with Crippen molar-refractivity contribution in [3.8, 4) is 5.75 Å². The molecule has 2 aromatic rings. The van der Waals surface area contributed by atoms with Crippen molar-refractivity contribution in [1.29, 1.82) is 0 Å². The minimum absolute atomic E-state index is 0.0154. The van der Waals surface area contributed by atoms with Crippen LogP contribution in [0.25, 0.3) is 6.08 Å². The Balaban J connectivity index is 1.75. The van der Waals surface area contributed by atoms with E-state index in [4.69, 9.17) is 17.0 Å². The van der Waals surface area contributed by atoms with Gasteiger partial charge in [-0.2, -0.15) is 0 Å². The minimum Gasteiger partial charge on any atom is -0.480 e. The largest absolute Gasteiger partial charge is 0.480 e. The van der Waals surface area contributed by atoms with Gasteiger partial charge in [0.1, 0.15) is 16.2 Å². The van der Waals surface area contributed by atoms with Gasteiger partial charge >= 0.3 is 0 Å². The molecule has 1 amide bonds. The molecule has 136 valence electrons. The van der Waals surface area contributed by atoms with E-state index in [1.54, 1.807) is 4.90 Å². The fourth-order valence-electron chi connectivity index (χ4n) is 3.23. The van der Waals surface area contributed by atoms with Gasteiger partial charge in [0.2, 0.25) is 0 Å². The Morgan fingerprint density at radius 2 is 1.89 bits per heavy atom. The topological polar surface area (TPSA) is 29.5 Å². The standard InChI is InChI=1S/C22H19NO2S2/c1-2-12-23-21(24)19(27-22(23)26)14-17-13-16-10-6-7-11-18(16)25-20(17)15-8-4-3-5-9-15/h3-11,13-14,20H,2,12H2,1H3/b19-14-. The molecule has 27 heavy (non-hydrogen) atoms. The molecule has 0 bridgehead atoms. The third-order valence-electron chi connectivity index (χ3n) is 4.51. The molecule has 2 heterocycles. The highest BCUT2D eigenvalue weighted by Crippen LogP contribution is 2.40. The molecular weight excluding hydrogens is 374 g/mol. The molecule has 4 rings (SSSR count). The van der Waals surface area contributed by atoms with Gasteiger partial charge in [0.05, 0.1) is 4.91 Å². The second kappa shape index (κ2) is 7.71. The molecule has 1 fully saturated rings. The normalized spacial score (nSPS) is 20.5. The van der Waals surface area contributed by atoms with E-state index < -0.39 is 0 Å². The van der Waals surface area contributed by atoms with Crippen LogP contribution in [0.4, 0.5) is 0 Å². The molecule has 2 aromatic carbocycles. The molecular formula is C22H19NO2S2. The highest BCUT2D eigenvalue weighted by atomic mass is 32.2. The summed E-state index contributed by atoms with van der Waals surface area (Å²) in [6.07, 6.45) is 4.66. The van der Waals surface area contributed by atoms with Crippen molar-refractivity contribution in [3.63, 3.8) is 0 Å². The van der Waals surface area contributed by atoms with Gasteiger partial charge in [0.15, 0.2) is 0 Å². The number of thiocarbonyl (C=S) groups is 1. The van der Waals surface area contributed by atoms with Crippen LogP contribution in [0.1, 0.15) is 30.6 Å². The maximum absolute atomic E-state index is 12.7. The first kappa shape index (κ1) is 18.0. The SMILES string of the molecule is CCCN1C(=O)/C(=C/C2=Cc3ccccc3OC2c2ccccc2)SC1=S. The molecule has 0 N–H and O–H groups in total. The lowest BCUT2D eigenvalue weighted by Gasteiger charge is -2.26. The molecule has 1 saturated heterocycles. The first-order chi connectivity index (χ1) is 13.2. The van der Waals surface area contributed by atoms with Crippen LogP contribution in [0, 0.1) is 0 Å². The summed E-state index contributed by atoms with van der Waals surface area (Å²) in [5, 5.41) is 0. The van der Waals surface area contributed by atoms with E-state index in [1.165, 1.54) is 11.8 Å². The van der Waals surface area contributed by atoms with E-state index in [0.717, 1.165) is 28.9 Å². The Labute approximate surface area is 168 Å². The van der Waals surface area contributed by atoms with Crippen LogP contribution in [-0.2, 0) is 4.79 Å². The van der Waals surface area contributed by atoms with Gasteiger partial charge in [-0.3, -0.25) is 9.69 Å². The number of ether oxygens (including phenoxy) is 1. The number of fused-ring (bicyclic) bond motifs is 1. The monoisotopic (exact) mass is 393 g/mol. The Kier molecular flexibility index (Phi) is 5.14. The number of thioether (sulfide) groups is 1. The lowest BCUT2D eigenvalue weighted by atomic mass is 9.95. The quantitative estimate of drug-likeness (QED) is 0.517. The summed E-state index contributed by atoms with van der Waals surface area (Å²) in [5.41, 5.74) is 3.02. The summed E-state index contributed by atoms with van der Waals surface area (Å²) in [6, 6.07) is 18.0. The van der Waals surface area contributed by atoms with Gasteiger partial charge in [0.25, 0.3) is 5.91 Å². The van der Waals surface area contributed by atoms with Crippen LogP contribution in [-0.4, -0.2) is 21.7 Å². The lowest BCUT2D eigenvalue weighted by Crippen LogP contribution is -2.28. The number of para-hydroxylation sites is 1. The summed E-state index contributed by atoms with van der Waals surface area (Å²) in [4.78, 5) is 15.1. The maximum atomic E-state index is 12.7. The summed E-state index contributed by atoms with van der Waals surface area (Å²) in [6.45, 7) is 2.70. The zero-order valence-electron chi connectivity index (χ0n) is 14.9.